The second kappa shape index (κ2) is 6.77. The van der Waals surface area contributed by atoms with Crippen molar-refractivity contribution in [2.24, 2.45) is 0 Å². The van der Waals surface area contributed by atoms with Gasteiger partial charge in [-0.05, 0) is 67.1 Å². The maximum Gasteiger partial charge on any atom is 0.120 e. The van der Waals surface area contributed by atoms with Crippen LogP contribution in [0.25, 0.3) is 0 Å². The van der Waals surface area contributed by atoms with Crippen molar-refractivity contribution in [3.8, 4) is 5.75 Å². The van der Waals surface area contributed by atoms with Crippen LogP contribution in [0.4, 0.5) is 0 Å². The van der Waals surface area contributed by atoms with Gasteiger partial charge < -0.3 is 10.1 Å². The van der Waals surface area contributed by atoms with Gasteiger partial charge in [-0.15, -0.1) is 0 Å². The smallest absolute Gasteiger partial charge is 0.120 e. The molecule has 2 heteroatoms. The highest BCUT2D eigenvalue weighted by atomic mass is 16.5. The van der Waals surface area contributed by atoms with Gasteiger partial charge in [0.15, 0.2) is 0 Å². The lowest BCUT2D eigenvalue weighted by atomic mass is 9.92. The Balaban J connectivity index is 1.66. The van der Waals surface area contributed by atoms with E-state index in [2.05, 4.69) is 47.8 Å². The molecule has 1 N–H and O–H groups in total. The molecule has 3 rings (SSSR count). The fourth-order valence-electron chi connectivity index (χ4n) is 3.00. The van der Waals surface area contributed by atoms with Gasteiger partial charge in [-0.1, -0.05) is 30.3 Å². The first-order valence-corrected chi connectivity index (χ1v) is 7.82. The quantitative estimate of drug-likeness (QED) is 0.898. The van der Waals surface area contributed by atoms with Crippen molar-refractivity contribution in [2.45, 2.75) is 38.8 Å². The molecule has 1 aliphatic rings. The maximum absolute atomic E-state index is 5.97. The Labute approximate surface area is 127 Å². The molecule has 0 unspecified atom stereocenters. The Morgan fingerprint density at radius 2 is 1.76 bits per heavy atom. The number of aryl methyl sites for hydroxylation is 2. The van der Waals surface area contributed by atoms with Crippen LogP contribution in [-0.4, -0.2) is 7.05 Å². The summed E-state index contributed by atoms with van der Waals surface area (Å²) in [7, 11) is 1.97. The zero-order valence-electron chi connectivity index (χ0n) is 12.7. The summed E-state index contributed by atoms with van der Waals surface area (Å²) in [4.78, 5) is 0. The largest absolute Gasteiger partial charge is 0.489 e. The van der Waals surface area contributed by atoms with E-state index in [-0.39, 0.29) is 0 Å². The molecule has 0 saturated carbocycles. The Kier molecular flexibility index (Phi) is 4.56. The molecule has 21 heavy (non-hydrogen) atoms. The number of hydrogen-bond donors (Lipinski definition) is 1. The highest BCUT2D eigenvalue weighted by Crippen LogP contribution is 2.25. The van der Waals surface area contributed by atoms with E-state index >= 15 is 0 Å². The van der Waals surface area contributed by atoms with Gasteiger partial charge in [-0.2, -0.15) is 0 Å². The van der Waals surface area contributed by atoms with Crippen LogP contribution >= 0.6 is 0 Å². The van der Waals surface area contributed by atoms with Gasteiger partial charge in [0.1, 0.15) is 12.4 Å². The minimum absolute atomic E-state index is 0.635. The standard InChI is InChI=1S/C19H23NO/c1-20-13-15-5-4-6-16(11-15)14-21-19-10-9-17-7-2-3-8-18(17)12-19/h4-6,9-12,20H,2-3,7-8,13-14H2,1H3. The molecule has 110 valence electrons. The average Bonchev–Trinajstić information content (AvgIpc) is 2.53. The van der Waals surface area contributed by atoms with Crippen molar-refractivity contribution >= 4 is 0 Å². The third-order valence-electron chi connectivity index (χ3n) is 4.10. The number of rotatable bonds is 5. The zero-order chi connectivity index (χ0) is 14.5. The highest BCUT2D eigenvalue weighted by molar-refractivity contribution is 5.37. The molecule has 0 aromatic heterocycles. The molecule has 0 atom stereocenters. The monoisotopic (exact) mass is 281 g/mol. The van der Waals surface area contributed by atoms with Crippen molar-refractivity contribution in [1.29, 1.82) is 0 Å². The van der Waals surface area contributed by atoms with E-state index < -0.39 is 0 Å². The van der Waals surface area contributed by atoms with Crippen molar-refractivity contribution in [1.82, 2.24) is 5.32 Å². The zero-order valence-corrected chi connectivity index (χ0v) is 12.7. The molecule has 0 radical (unpaired) electrons. The lowest BCUT2D eigenvalue weighted by Crippen LogP contribution is -2.06. The van der Waals surface area contributed by atoms with Crippen LogP contribution in [0.3, 0.4) is 0 Å². The summed E-state index contributed by atoms with van der Waals surface area (Å²) in [6.45, 7) is 1.53. The summed E-state index contributed by atoms with van der Waals surface area (Å²) < 4.78 is 5.97. The molecule has 2 nitrogen and oxygen atoms in total. The van der Waals surface area contributed by atoms with Crippen LogP contribution in [0.15, 0.2) is 42.5 Å². The molecule has 0 aliphatic heterocycles. The molecule has 2 aromatic carbocycles. The molecule has 0 bridgehead atoms. The van der Waals surface area contributed by atoms with E-state index in [9.17, 15) is 0 Å². The van der Waals surface area contributed by atoms with E-state index in [1.165, 1.54) is 47.9 Å². The maximum atomic E-state index is 5.97. The normalized spacial score (nSPS) is 13.8. The van der Waals surface area contributed by atoms with Crippen LogP contribution in [-0.2, 0) is 26.0 Å². The Morgan fingerprint density at radius 1 is 0.952 bits per heavy atom. The Morgan fingerprint density at radius 3 is 2.62 bits per heavy atom. The second-order valence-corrected chi connectivity index (χ2v) is 5.78. The summed E-state index contributed by atoms with van der Waals surface area (Å²) in [6.07, 6.45) is 5.06. The van der Waals surface area contributed by atoms with Gasteiger partial charge >= 0.3 is 0 Å². The van der Waals surface area contributed by atoms with E-state index in [0.717, 1.165) is 12.3 Å². The number of nitrogens with one attached hydrogen (secondary N) is 1. The van der Waals surface area contributed by atoms with Crippen molar-refractivity contribution in [2.75, 3.05) is 7.05 Å². The van der Waals surface area contributed by atoms with Crippen molar-refractivity contribution < 1.29 is 4.74 Å². The summed E-state index contributed by atoms with van der Waals surface area (Å²) >= 11 is 0. The van der Waals surface area contributed by atoms with Gasteiger partial charge in [-0.25, -0.2) is 0 Å². The van der Waals surface area contributed by atoms with Crippen molar-refractivity contribution in [3.63, 3.8) is 0 Å². The number of fused-ring (bicyclic) bond motifs is 1. The lowest BCUT2D eigenvalue weighted by Gasteiger charge is -2.17. The highest BCUT2D eigenvalue weighted by Gasteiger charge is 2.09. The molecular formula is C19H23NO. The summed E-state index contributed by atoms with van der Waals surface area (Å²) in [6, 6.07) is 15.1. The van der Waals surface area contributed by atoms with Crippen LogP contribution in [0.5, 0.6) is 5.75 Å². The van der Waals surface area contributed by atoms with Gasteiger partial charge in [0, 0.05) is 6.54 Å². The van der Waals surface area contributed by atoms with E-state index in [1.54, 1.807) is 0 Å². The number of hydrogen-bond acceptors (Lipinski definition) is 2. The Bertz CT molecular complexity index is 606. The van der Waals surface area contributed by atoms with Crippen LogP contribution in [0.2, 0.25) is 0 Å². The predicted octanol–water partition coefficient (Wildman–Crippen LogP) is 3.86. The second-order valence-electron chi connectivity index (χ2n) is 5.78. The molecular weight excluding hydrogens is 258 g/mol. The fraction of sp³-hybridized carbons (Fsp3) is 0.368. The summed E-state index contributed by atoms with van der Waals surface area (Å²) in [5, 5.41) is 3.18. The molecule has 0 saturated heterocycles. The molecule has 0 heterocycles. The number of benzene rings is 2. The van der Waals surface area contributed by atoms with Gasteiger partial charge in [0.05, 0.1) is 0 Å². The third kappa shape index (κ3) is 3.64. The minimum atomic E-state index is 0.635. The molecule has 1 aliphatic carbocycles. The summed E-state index contributed by atoms with van der Waals surface area (Å²) in [5.41, 5.74) is 5.50. The molecule has 0 fully saturated rings. The van der Waals surface area contributed by atoms with Gasteiger partial charge in [-0.3, -0.25) is 0 Å². The summed E-state index contributed by atoms with van der Waals surface area (Å²) in [5.74, 6) is 0.995. The van der Waals surface area contributed by atoms with Gasteiger partial charge in [0.25, 0.3) is 0 Å². The van der Waals surface area contributed by atoms with Crippen LogP contribution in [0, 0.1) is 0 Å². The first kappa shape index (κ1) is 14.2. The Hall–Kier alpha value is -1.80. The first-order valence-electron chi connectivity index (χ1n) is 7.82. The van der Waals surface area contributed by atoms with Crippen LogP contribution in [0.1, 0.15) is 35.1 Å². The predicted molar refractivity (Wildman–Crippen MR) is 86.6 cm³/mol. The topological polar surface area (TPSA) is 21.3 Å². The first-order chi connectivity index (χ1) is 10.3. The van der Waals surface area contributed by atoms with E-state index in [0.29, 0.717) is 6.61 Å². The third-order valence-corrected chi connectivity index (χ3v) is 4.10. The van der Waals surface area contributed by atoms with E-state index in [4.69, 9.17) is 4.74 Å². The average molecular weight is 281 g/mol. The lowest BCUT2D eigenvalue weighted by molar-refractivity contribution is 0.305. The SMILES string of the molecule is CNCc1cccc(COc2ccc3c(c2)CCCC3)c1. The molecule has 0 amide bonds. The molecule has 2 aromatic rings. The number of ether oxygens (including phenoxy) is 1. The minimum Gasteiger partial charge on any atom is -0.489 e. The van der Waals surface area contributed by atoms with E-state index in [1.807, 2.05) is 7.05 Å². The van der Waals surface area contributed by atoms with Gasteiger partial charge in [0.2, 0.25) is 0 Å². The van der Waals surface area contributed by atoms with Crippen LogP contribution < -0.4 is 10.1 Å². The fourth-order valence-corrected chi connectivity index (χ4v) is 3.00. The van der Waals surface area contributed by atoms with Crippen molar-refractivity contribution in [3.05, 3.63) is 64.7 Å². The molecule has 0 spiro atoms.